The van der Waals surface area contributed by atoms with E-state index in [-0.39, 0.29) is 6.03 Å². The molecule has 1 aliphatic rings. The number of carbonyl (C=O) groups excluding carboxylic acids is 1. The van der Waals surface area contributed by atoms with Gasteiger partial charge in [0.05, 0.1) is 6.61 Å². The highest BCUT2D eigenvalue weighted by atomic mass is 16.5. The Morgan fingerprint density at radius 1 is 1.32 bits per heavy atom. The van der Waals surface area contributed by atoms with Gasteiger partial charge in [-0.25, -0.2) is 9.78 Å². The molecule has 1 aromatic rings. The summed E-state index contributed by atoms with van der Waals surface area (Å²) in [7, 11) is 1.63. The van der Waals surface area contributed by atoms with Gasteiger partial charge in [0.2, 0.25) is 5.88 Å². The van der Waals surface area contributed by atoms with E-state index in [0.29, 0.717) is 25.6 Å². The number of nitrogens with one attached hydrogen (secondary N) is 2. The molecule has 0 saturated heterocycles. The van der Waals surface area contributed by atoms with Gasteiger partial charge in [-0.3, -0.25) is 0 Å². The molecule has 2 unspecified atom stereocenters. The van der Waals surface area contributed by atoms with E-state index in [0.717, 1.165) is 30.4 Å². The molecule has 25 heavy (non-hydrogen) atoms. The molecule has 140 valence electrons. The zero-order chi connectivity index (χ0) is 17.9. The average Bonchev–Trinajstić information content (AvgIpc) is 2.61. The molecule has 1 saturated carbocycles. The van der Waals surface area contributed by atoms with E-state index in [1.165, 1.54) is 25.7 Å². The van der Waals surface area contributed by atoms with E-state index in [9.17, 15) is 4.79 Å². The fourth-order valence-corrected chi connectivity index (χ4v) is 3.36. The minimum atomic E-state index is -0.143. The monoisotopic (exact) mass is 349 g/mol. The first-order valence-corrected chi connectivity index (χ1v) is 9.26. The molecule has 2 amide bonds. The van der Waals surface area contributed by atoms with Crippen LogP contribution in [0.2, 0.25) is 0 Å². The summed E-state index contributed by atoms with van der Waals surface area (Å²) in [5, 5.41) is 5.83. The van der Waals surface area contributed by atoms with Crippen molar-refractivity contribution in [2.24, 2.45) is 11.8 Å². The van der Waals surface area contributed by atoms with E-state index in [1.54, 1.807) is 13.3 Å². The second kappa shape index (κ2) is 10.9. The molecule has 2 rings (SSSR count). The number of carbonyl (C=O) groups is 1. The molecule has 2 atom stereocenters. The van der Waals surface area contributed by atoms with Crippen LogP contribution in [0, 0.1) is 11.8 Å². The lowest BCUT2D eigenvalue weighted by Gasteiger charge is -2.26. The van der Waals surface area contributed by atoms with Crippen LogP contribution in [0.1, 0.15) is 44.6 Å². The van der Waals surface area contributed by atoms with Gasteiger partial charge in [0.15, 0.2) is 0 Å². The van der Waals surface area contributed by atoms with Gasteiger partial charge in [0.25, 0.3) is 0 Å². The Kier molecular flexibility index (Phi) is 8.52. The predicted octanol–water partition coefficient (Wildman–Crippen LogP) is 3.12. The summed E-state index contributed by atoms with van der Waals surface area (Å²) in [6.07, 6.45) is 8.01. The lowest BCUT2D eigenvalue weighted by atomic mass is 9.81. The molecule has 0 aromatic carbocycles. The van der Waals surface area contributed by atoms with Crippen molar-refractivity contribution in [3.63, 3.8) is 0 Å². The smallest absolute Gasteiger partial charge is 0.315 e. The Hall–Kier alpha value is -1.82. The first kappa shape index (κ1) is 19.5. The molecule has 6 nitrogen and oxygen atoms in total. The molecule has 0 spiro atoms. The SMILES string of the molecule is COCCOc1ncccc1CNC(=O)NCCC1CCCC(C)C1. The first-order chi connectivity index (χ1) is 12.2. The Morgan fingerprint density at radius 2 is 2.20 bits per heavy atom. The summed E-state index contributed by atoms with van der Waals surface area (Å²) in [5.74, 6) is 2.12. The number of rotatable bonds is 9. The number of ether oxygens (including phenoxy) is 2. The van der Waals surface area contributed by atoms with Gasteiger partial charge < -0.3 is 20.1 Å². The highest BCUT2D eigenvalue weighted by Crippen LogP contribution is 2.30. The average molecular weight is 349 g/mol. The number of pyridine rings is 1. The molecule has 1 fully saturated rings. The highest BCUT2D eigenvalue weighted by Gasteiger charge is 2.18. The maximum Gasteiger partial charge on any atom is 0.315 e. The van der Waals surface area contributed by atoms with Gasteiger partial charge in [-0.1, -0.05) is 32.3 Å². The lowest BCUT2D eigenvalue weighted by Crippen LogP contribution is -2.36. The minimum Gasteiger partial charge on any atom is -0.475 e. The number of urea groups is 1. The van der Waals surface area contributed by atoms with Crippen LogP contribution < -0.4 is 15.4 Å². The summed E-state index contributed by atoms with van der Waals surface area (Å²) in [6.45, 7) is 4.39. The van der Waals surface area contributed by atoms with Crippen LogP contribution in [-0.4, -0.2) is 37.9 Å². The predicted molar refractivity (Wildman–Crippen MR) is 97.6 cm³/mol. The Bertz CT molecular complexity index is 524. The fraction of sp³-hybridized carbons (Fsp3) is 0.684. The number of nitrogens with zero attached hydrogens (tertiary/aromatic N) is 1. The largest absolute Gasteiger partial charge is 0.475 e. The molecule has 1 aromatic heterocycles. The van der Waals surface area contributed by atoms with E-state index < -0.39 is 0 Å². The van der Waals surface area contributed by atoms with Crippen LogP contribution in [0.3, 0.4) is 0 Å². The number of aromatic nitrogens is 1. The Balaban J connectivity index is 1.67. The van der Waals surface area contributed by atoms with Gasteiger partial charge in [-0.05, 0) is 30.7 Å². The van der Waals surface area contributed by atoms with Crippen LogP contribution >= 0.6 is 0 Å². The summed E-state index contributed by atoms with van der Waals surface area (Å²) in [4.78, 5) is 16.2. The number of amides is 2. The highest BCUT2D eigenvalue weighted by molar-refractivity contribution is 5.73. The number of hydrogen-bond donors (Lipinski definition) is 2. The third-order valence-electron chi connectivity index (χ3n) is 4.70. The van der Waals surface area contributed by atoms with Crippen LogP contribution in [-0.2, 0) is 11.3 Å². The molecular formula is C19H31N3O3. The molecule has 0 radical (unpaired) electrons. The van der Waals surface area contributed by atoms with Crippen LogP contribution in [0.25, 0.3) is 0 Å². The molecular weight excluding hydrogens is 318 g/mol. The molecule has 2 N–H and O–H groups in total. The third-order valence-corrected chi connectivity index (χ3v) is 4.70. The lowest BCUT2D eigenvalue weighted by molar-refractivity contribution is 0.143. The van der Waals surface area contributed by atoms with Gasteiger partial charge in [-0.2, -0.15) is 0 Å². The molecule has 6 heteroatoms. The molecule has 0 aliphatic heterocycles. The number of hydrogen-bond acceptors (Lipinski definition) is 4. The van der Waals surface area contributed by atoms with Gasteiger partial charge in [0, 0.05) is 32.0 Å². The standard InChI is InChI=1S/C19H31N3O3/c1-15-5-3-6-16(13-15)8-10-21-19(23)22-14-17-7-4-9-20-18(17)25-12-11-24-2/h4,7,9,15-16H,3,5-6,8,10-14H2,1-2H3,(H2,21,22,23). The van der Waals surface area contributed by atoms with Crippen molar-refractivity contribution in [3.05, 3.63) is 23.9 Å². The second-order valence-corrected chi connectivity index (χ2v) is 6.84. The third kappa shape index (κ3) is 7.30. The van der Waals surface area contributed by atoms with E-state index in [4.69, 9.17) is 9.47 Å². The summed E-state index contributed by atoms with van der Waals surface area (Å²) in [5.41, 5.74) is 0.856. The van der Waals surface area contributed by atoms with E-state index >= 15 is 0 Å². The molecule has 1 heterocycles. The summed E-state index contributed by atoms with van der Waals surface area (Å²) < 4.78 is 10.5. The van der Waals surface area contributed by atoms with Crippen molar-refractivity contribution in [1.82, 2.24) is 15.6 Å². The van der Waals surface area contributed by atoms with Crippen LogP contribution in [0.4, 0.5) is 4.79 Å². The van der Waals surface area contributed by atoms with Crippen molar-refractivity contribution in [2.75, 3.05) is 26.9 Å². The van der Waals surface area contributed by atoms with Gasteiger partial charge in [0.1, 0.15) is 6.61 Å². The van der Waals surface area contributed by atoms with Crippen molar-refractivity contribution in [2.45, 2.75) is 45.6 Å². The van der Waals surface area contributed by atoms with E-state index in [1.807, 2.05) is 12.1 Å². The van der Waals surface area contributed by atoms with Crippen LogP contribution in [0.5, 0.6) is 5.88 Å². The first-order valence-electron chi connectivity index (χ1n) is 9.26. The topological polar surface area (TPSA) is 72.5 Å². The quantitative estimate of drug-likeness (QED) is 0.672. The maximum atomic E-state index is 12.0. The summed E-state index contributed by atoms with van der Waals surface area (Å²) >= 11 is 0. The van der Waals surface area contributed by atoms with Crippen molar-refractivity contribution in [1.29, 1.82) is 0 Å². The van der Waals surface area contributed by atoms with Crippen LogP contribution in [0.15, 0.2) is 18.3 Å². The number of methoxy groups -OCH3 is 1. The van der Waals surface area contributed by atoms with Gasteiger partial charge >= 0.3 is 6.03 Å². The molecule has 0 bridgehead atoms. The Morgan fingerprint density at radius 3 is 3.00 bits per heavy atom. The summed E-state index contributed by atoms with van der Waals surface area (Å²) in [6, 6.07) is 3.59. The van der Waals surface area contributed by atoms with Crippen molar-refractivity contribution in [3.8, 4) is 5.88 Å². The zero-order valence-electron chi connectivity index (χ0n) is 15.4. The second-order valence-electron chi connectivity index (χ2n) is 6.84. The normalized spacial score (nSPS) is 20.1. The Labute approximate surface area is 150 Å². The zero-order valence-corrected chi connectivity index (χ0v) is 15.4. The molecule has 1 aliphatic carbocycles. The van der Waals surface area contributed by atoms with Crippen molar-refractivity contribution >= 4 is 6.03 Å². The maximum absolute atomic E-state index is 12.0. The van der Waals surface area contributed by atoms with Gasteiger partial charge in [-0.15, -0.1) is 0 Å². The van der Waals surface area contributed by atoms with Crippen molar-refractivity contribution < 1.29 is 14.3 Å². The minimum absolute atomic E-state index is 0.143. The van der Waals surface area contributed by atoms with E-state index in [2.05, 4.69) is 22.5 Å². The fourth-order valence-electron chi connectivity index (χ4n) is 3.36.